The second kappa shape index (κ2) is 7.85. The Morgan fingerprint density at radius 2 is 1.84 bits per heavy atom. The molecule has 0 spiro atoms. The van der Waals surface area contributed by atoms with E-state index in [1.54, 1.807) is 0 Å². The Bertz CT molecular complexity index is 846. The molecule has 0 aliphatic heterocycles. The first kappa shape index (κ1) is 17.0. The lowest BCUT2D eigenvalue weighted by Gasteiger charge is -2.06. The summed E-state index contributed by atoms with van der Waals surface area (Å²) in [5.41, 5.74) is 2.89. The van der Waals surface area contributed by atoms with E-state index in [0.717, 1.165) is 17.7 Å². The van der Waals surface area contributed by atoms with Crippen LogP contribution in [-0.4, -0.2) is 26.5 Å². The summed E-state index contributed by atoms with van der Waals surface area (Å²) in [5.74, 6) is 6.71. The van der Waals surface area contributed by atoms with Gasteiger partial charge in [0, 0.05) is 11.3 Å². The van der Waals surface area contributed by atoms with Gasteiger partial charge in [0.25, 0.3) is 0 Å². The minimum Gasteiger partial charge on any atom is -0.335 e. The number of anilines is 1. The van der Waals surface area contributed by atoms with Gasteiger partial charge in [-0.15, -0.1) is 10.2 Å². The van der Waals surface area contributed by atoms with E-state index in [2.05, 4.69) is 22.4 Å². The number of thioether (sulfide) groups is 1. The van der Waals surface area contributed by atoms with Crippen molar-refractivity contribution in [3.05, 3.63) is 60.2 Å². The zero-order chi connectivity index (χ0) is 17.6. The van der Waals surface area contributed by atoms with E-state index in [9.17, 15) is 4.79 Å². The second-order valence-electron chi connectivity index (χ2n) is 5.43. The third-order valence-electron chi connectivity index (χ3n) is 3.67. The summed E-state index contributed by atoms with van der Waals surface area (Å²) in [6.07, 6.45) is 0.972. The zero-order valence-corrected chi connectivity index (χ0v) is 14.7. The van der Waals surface area contributed by atoms with Crippen LogP contribution in [0.4, 0.5) is 5.69 Å². The SMILES string of the molecule is CCc1ccc(NC(=O)CSc2nnc(-c3ccccc3)n2N)cc1. The molecule has 128 valence electrons. The molecule has 3 aromatic rings. The maximum atomic E-state index is 12.1. The van der Waals surface area contributed by atoms with E-state index in [0.29, 0.717) is 11.0 Å². The number of hydrogen-bond acceptors (Lipinski definition) is 5. The first-order valence-electron chi connectivity index (χ1n) is 7.95. The molecule has 1 amide bonds. The first-order chi connectivity index (χ1) is 12.2. The number of carbonyl (C=O) groups excluding carboxylic acids is 1. The molecule has 0 unspecified atom stereocenters. The number of carbonyl (C=O) groups is 1. The molecular weight excluding hydrogens is 334 g/mol. The standard InChI is InChI=1S/C18H19N5OS/c1-2-13-8-10-15(11-9-13)20-16(24)12-25-18-22-21-17(23(18)19)14-6-4-3-5-7-14/h3-11H,2,12,19H2,1H3,(H,20,24). The molecule has 3 rings (SSSR count). The molecule has 1 aromatic heterocycles. The molecule has 25 heavy (non-hydrogen) atoms. The van der Waals surface area contributed by atoms with Crippen LogP contribution in [0.3, 0.4) is 0 Å². The fraction of sp³-hybridized carbons (Fsp3) is 0.167. The molecule has 0 bridgehead atoms. The summed E-state index contributed by atoms with van der Waals surface area (Å²) in [5, 5.41) is 11.5. The number of aryl methyl sites for hydroxylation is 1. The normalized spacial score (nSPS) is 10.6. The average Bonchev–Trinajstić information content (AvgIpc) is 3.02. The number of rotatable bonds is 6. The van der Waals surface area contributed by atoms with Crippen molar-refractivity contribution >= 4 is 23.4 Å². The predicted molar refractivity (Wildman–Crippen MR) is 101 cm³/mol. The van der Waals surface area contributed by atoms with Crippen LogP contribution in [0.1, 0.15) is 12.5 Å². The molecule has 0 atom stereocenters. The summed E-state index contributed by atoms with van der Waals surface area (Å²) < 4.78 is 1.41. The molecule has 7 heteroatoms. The fourth-order valence-electron chi connectivity index (χ4n) is 2.31. The number of aromatic nitrogens is 3. The van der Waals surface area contributed by atoms with E-state index < -0.39 is 0 Å². The Balaban J connectivity index is 1.60. The number of nitrogens with one attached hydrogen (secondary N) is 1. The van der Waals surface area contributed by atoms with Crippen LogP contribution in [0.2, 0.25) is 0 Å². The van der Waals surface area contributed by atoms with Crippen LogP contribution in [0.25, 0.3) is 11.4 Å². The van der Waals surface area contributed by atoms with E-state index in [1.165, 1.54) is 22.0 Å². The molecule has 0 aliphatic carbocycles. The second-order valence-corrected chi connectivity index (χ2v) is 6.37. The lowest BCUT2D eigenvalue weighted by molar-refractivity contribution is -0.113. The van der Waals surface area contributed by atoms with Crippen LogP contribution < -0.4 is 11.2 Å². The van der Waals surface area contributed by atoms with Gasteiger partial charge in [-0.1, -0.05) is 61.2 Å². The topological polar surface area (TPSA) is 85.8 Å². The quantitative estimate of drug-likeness (QED) is 0.526. The molecule has 0 aliphatic rings. The molecule has 3 N–H and O–H groups in total. The van der Waals surface area contributed by atoms with Crippen LogP contribution in [0.15, 0.2) is 59.8 Å². The van der Waals surface area contributed by atoms with Gasteiger partial charge in [-0.05, 0) is 24.1 Å². The Morgan fingerprint density at radius 1 is 1.12 bits per heavy atom. The number of amides is 1. The van der Waals surface area contributed by atoms with Crippen LogP contribution in [0.5, 0.6) is 0 Å². The Hall–Kier alpha value is -2.80. The van der Waals surface area contributed by atoms with Crippen LogP contribution >= 0.6 is 11.8 Å². The summed E-state index contributed by atoms with van der Waals surface area (Å²) in [6.45, 7) is 2.09. The molecule has 0 radical (unpaired) electrons. The van der Waals surface area contributed by atoms with Crippen LogP contribution in [-0.2, 0) is 11.2 Å². The van der Waals surface area contributed by atoms with Gasteiger partial charge in [0.2, 0.25) is 11.1 Å². The van der Waals surface area contributed by atoms with Gasteiger partial charge in [0.05, 0.1) is 5.75 Å². The lowest BCUT2D eigenvalue weighted by atomic mass is 10.1. The third-order valence-corrected chi connectivity index (χ3v) is 4.62. The van der Waals surface area contributed by atoms with Crippen molar-refractivity contribution in [3.8, 4) is 11.4 Å². The summed E-state index contributed by atoms with van der Waals surface area (Å²) in [7, 11) is 0. The Morgan fingerprint density at radius 3 is 2.52 bits per heavy atom. The van der Waals surface area contributed by atoms with E-state index >= 15 is 0 Å². The van der Waals surface area contributed by atoms with Gasteiger partial charge in [-0.3, -0.25) is 4.79 Å². The molecule has 2 aromatic carbocycles. The predicted octanol–water partition coefficient (Wildman–Crippen LogP) is 2.95. The fourth-order valence-corrected chi connectivity index (χ4v) is 2.97. The van der Waals surface area contributed by atoms with Gasteiger partial charge in [0.15, 0.2) is 5.82 Å². The number of nitrogens with zero attached hydrogens (tertiary/aromatic N) is 3. The highest BCUT2D eigenvalue weighted by atomic mass is 32.2. The van der Waals surface area contributed by atoms with Crippen molar-refractivity contribution in [2.75, 3.05) is 16.9 Å². The molecule has 0 saturated carbocycles. The summed E-state index contributed by atoms with van der Waals surface area (Å²) in [6, 6.07) is 17.4. The van der Waals surface area contributed by atoms with E-state index in [1.807, 2.05) is 54.6 Å². The zero-order valence-electron chi connectivity index (χ0n) is 13.8. The highest BCUT2D eigenvalue weighted by Gasteiger charge is 2.13. The molecule has 6 nitrogen and oxygen atoms in total. The summed E-state index contributed by atoms with van der Waals surface area (Å²) >= 11 is 1.25. The van der Waals surface area contributed by atoms with Crippen molar-refractivity contribution in [1.82, 2.24) is 14.9 Å². The Labute approximate surface area is 150 Å². The van der Waals surface area contributed by atoms with Crippen molar-refractivity contribution in [2.45, 2.75) is 18.5 Å². The molecule has 1 heterocycles. The van der Waals surface area contributed by atoms with Gasteiger partial charge >= 0.3 is 0 Å². The third kappa shape index (κ3) is 4.19. The highest BCUT2D eigenvalue weighted by Crippen LogP contribution is 2.21. The molecule has 0 fully saturated rings. The highest BCUT2D eigenvalue weighted by molar-refractivity contribution is 7.99. The minimum absolute atomic E-state index is 0.112. The monoisotopic (exact) mass is 353 g/mol. The van der Waals surface area contributed by atoms with Gasteiger partial charge < -0.3 is 11.2 Å². The maximum Gasteiger partial charge on any atom is 0.234 e. The van der Waals surface area contributed by atoms with Crippen molar-refractivity contribution in [3.63, 3.8) is 0 Å². The average molecular weight is 353 g/mol. The number of nitrogen functional groups attached to an aromatic ring is 1. The number of benzene rings is 2. The first-order valence-corrected chi connectivity index (χ1v) is 8.93. The number of hydrogen-bond donors (Lipinski definition) is 2. The van der Waals surface area contributed by atoms with Crippen molar-refractivity contribution < 1.29 is 4.79 Å². The number of nitrogens with two attached hydrogens (primary N) is 1. The molecular formula is C18H19N5OS. The smallest absolute Gasteiger partial charge is 0.234 e. The van der Waals surface area contributed by atoms with Crippen molar-refractivity contribution in [1.29, 1.82) is 0 Å². The lowest BCUT2D eigenvalue weighted by Crippen LogP contribution is -2.16. The molecule has 0 saturated heterocycles. The largest absolute Gasteiger partial charge is 0.335 e. The summed E-state index contributed by atoms with van der Waals surface area (Å²) in [4.78, 5) is 12.1. The Kier molecular flexibility index (Phi) is 5.35. The van der Waals surface area contributed by atoms with Crippen molar-refractivity contribution in [2.24, 2.45) is 0 Å². The van der Waals surface area contributed by atoms with E-state index in [4.69, 9.17) is 5.84 Å². The maximum absolute atomic E-state index is 12.1. The van der Waals surface area contributed by atoms with Gasteiger partial charge in [-0.2, -0.15) is 0 Å². The van der Waals surface area contributed by atoms with Gasteiger partial charge in [0.1, 0.15) is 0 Å². The van der Waals surface area contributed by atoms with E-state index in [-0.39, 0.29) is 11.7 Å². The minimum atomic E-state index is -0.112. The van der Waals surface area contributed by atoms with Crippen LogP contribution in [0, 0.1) is 0 Å². The van der Waals surface area contributed by atoms with Gasteiger partial charge in [-0.25, -0.2) is 4.68 Å².